The number of anilines is 2. The summed E-state index contributed by atoms with van der Waals surface area (Å²) in [5.74, 6) is 6.93. The molecule has 0 radical (unpaired) electrons. The molecule has 6 nitrogen and oxygen atoms in total. The first-order valence-corrected chi connectivity index (χ1v) is 6.53. The molecule has 0 aliphatic carbocycles. The van der Waals surface area contributed by atoms with Gasteiger partial charge in [-0.05, 0) is 26.3 Å². The van der Waals surface area contributed by atoms with Gasteiger partial charge < -0.3 is 10.3 Å². The zero-order valence-corrected chi connectivity index (χ0v) is 10.7. The summed E-state index contributed by atoms with van der Waals surface area (Å²) in [5.41, 5.74) is 2.55. The van der Waals surface area contributed by atoms with Crippen molar-refractivity contribution in [2.24, 2.45) is 5.84 Å². The second-order valence-electron chi connectivity index (χ2n) is 5.19. The van der Waals surface area contributed by atoms with E-state index in [1.54, 1.807) is 6.20 Å². The monoisotopic (exact) mass is 248 g/mol. The minimum Gasteiger partial charge on any atom is -0.354 e. The minimum atomic E-state index is 0.621. The smallest absolute Gasteiger partial charge is 0.160 e. The van der Waals surface area contributed by atoms with E-state index in [4.69, 9.17) is 5.84 Å². The summed E-state index contributed by atoms with van der Waals surface area (Å²) in [5, 5.41) is 0. The Morgan fingerprint density at radius 3 is 2.94 bits per heavy atom. The van der Waals surface area contributed by atoms with Crippen LogP contribution in [0.15, 0.2) is 12.4 Å². The summed E-state index contributed by atoms with van der Waals surface area (Å²) >= 11 is 0. The topological polar surface area (TPSA) is 70.3 Å². The molecule has 0 amide bonds. The lowest BCUT2D eigenvalue weighted by Gasteiger charge is -2.26. The van der Waals surface area contributed by atoms with E-state index in [1.807, 2.05) is 6.20 Å². The van der Waals surface area contributed by atoms with Crippen molar-refractivity contribution in [2.45, 2.75) is 31.3 Å². The molecule has 2 bridgehead atoms. The third-order valence-corrected chi connectivity index (χ3v) is 4.24. The number of nitrogen functional groups attached to an aromatic ring is 1. The van der Waals surface area contributed by atoms with Crippen molar-refractivity contribution in [3.8, 4) is 0 Å². The average Bonchev–Trinajstić information content (AvgIpc) is 2.63. The average molecular weight is 248 g/mol. The van der Waals surface area contributed by atoms with Crippen molar-refractivity contribution in [1.29, 1.82) is 0 Å². The highest BCUT2D eigenvalue weighted by molar-refractivity contribution is 5.43. The van der Waals surface area contributed by atoms with Gasteiger partial charge in [-0.25, -0.2) is 10.8 Å². The number of hydrazine groups is 1. The Morgan fingerprint density at radius 2 is 2.11 bits per heavy atom. The molecule has 98 valence electrons. The van der Waals surface area contributed by atoms with E-state index in [1.165, 1.54) is 19.3 Å². The fourth-order valence-corrected chi connectivity index (χ4v) is 3.09. The van der Waals surface area contributed by atoms with Gasteiger partial charge >= 0.3 is 0 Å². The Kier molecular flexibility index (Phi) is 3.05. The van der Waals surface area contributed by atoms with Crippen LogP contribution >= 0.6 is 0 Å². The van der Waals surface area contributed by atoms with E-state index in [9.17, 15) is 0 Å². The second kappa shape index (κ2) is 4.70. The second-order valence-corrected chi connectivity index (χ2v) is 5.19. The molecule has 0 spiro atoms. The Morgan fingerprint density at radius 1 is 1.28 bits per heavy atom. The van der Waals surface area contributed by atoms with E-state index in [-0.39, 0.29) is 0 Å². The first kappa shape index (κ1) is 11.7. The quantitative estimate of drug-likeness (QED) is 0.584. The van der Waals surface area contributed by atoms with Crippen LogP contribution in [0.25, 0.3) is 0 Å². The molecule has 2 unspecified atom stereocenters. The van der Waals surface area contributed by atoms with Crippen LogP contribution in [0.2, 0.25) is 0 Å². The van der Waals surface area contributed by atoms with E-state index >= 15 is 0 Å². The highest BCUT2D eigenvalue weighted by Crippen LogP contribution is 2.30. The minimum absolute atomic E-state index is 0.621. The molecule has 0 aromatic carbocycles. The van der Waals surface area contributed by atoms with Crippen LogP contribution in [0, 0.1) is 0 Å². The lowest BCUT2D eigenvalue weighted by atomic mass is 10.1. The number of nitrogens with two attached hydrogens (primary N) is 1. The summed E-state index contributed by atoms with van der Waals surface area (Å²) in [4.78, 5) is 13.5. The normalized spacial score (nSPS) is 28.2. The lowest BCUT2D eigenvalue weighted by Crippen LogP contribution is -2.37. The maximum absolute atomic E-state index is 5.38. The SMILES string of the molecule is CN1C2CCC1CN(c1cncc(NN)n1)CC2. The van der Waals surface area contributed by atoms with Crippen LogP contribution in [0.5, 0.6) is 0 Å². The number of nitrogens with zero attached hydrogens (tertiary/aromatic N) is 4. The number of rotatable bonds is 2. The number of hydrogen-bond acceptors (Lipinski definition) is 6. The highest BCUT2D eigenvalue weighted by atomic mass is 15.3. The van der Waals surface area contributed by atoms with E-state index in [0.29, 0.717) is 11.9 Å². The van der Waals surface area contributed by atoms with E-state index < -0.39 is 0 Å². The van der Waals surface area contributed by atoms with Crippen molar-refractivity contribution >= 4 is 11.6 Å². The molecule has 2 aliphatic rings. The van der Waals surface area contributed by atoms with Crippen LogP contribution in [0.3, 0.4) is 0 Å². The molecule has 2 saturated heterocycles. The maximum atomic E-state index is 5.38. The van der Waals surface area contributed by atoms with Crippen molar-refractivity contribution in [3.63, 3.8) is 0 Å². The fourth-order valence-electron chi connectivity index (χ4n) is 3.09. The molecule has 0 saturated carbocycles. The molecule has 1 aromatic heterocycles. The van der Waals surface area contributed by atoms with Crippen LogP contribution in [0.4, 0.5) is 11.6 Å². The number of aromatic nitrogens is 2. The molecule has 2 aliphatic heterocycles. The van der Waals surface area contributed by atoms with Crippen molar-refractivity contribution in [3.05, 3.63) is 12.4 Å². The highest BCUT2D eigenvalue weighted by Gasteiger charge is 2.34. The van der Waals surface area contributed by atoms with Crippen LogP contribution in [-0.4, -0.2) is 47.1 Å². The molecule has 3 rings (SSSR count). The maximum Gasteiger partial charge on any atom is 0.160 e. The van der Waals surface area contributed by atoms with Gasteiger partial charge in [0.05, 0.1) is 12.4 Å². The third kappa shape index (κ3) is 2.02. The zero-order chi connectivity index (χ0) is 12.5. The van der Waals surface area contributed by atoms with Gasteiger partial charge in [0.2, 0.25) is 0 Å². The van der Waals surface area contributed by atoms with Gasteiger partial charge in [-0.1, -0.05) is 0 Å². The van der Waals surface area contributed by atoms with Crippen molar-refractivity contribution in [2.75, 3.05) is 30.5 Å². The summed E-state index contributed by atoms with van der Waals surface area (Å²) in [6.45, 7) is 2.09. The molecule has 2 atom stereocenters. The molecule has 18 heavy (non-hydrogen) atoms. The van der Waals surface area contributed by atoms with Gasteiger partial charge in [-0.3, -0.25) is 9.88 Å². The number of fused-ring (bicyclic) bond motifs is 2. The summed E-state index contributed by atoms with van der Waals surface area (Å²) in [6.07, 6.45) is 7.29. The molecular weight excluding hydrogens is 228 g/mol. The van der Waals surface area contributed by atoms with Gasteiger partial charge in [0.1, 0.15) is 5.82 Å². The summed E-state index contributed by atoms with van der Waals surface area (Å²) in [6, 6.07) is 1.39. The Hall–Kier alpha value is -1.40. The Balaban J connectivity index is 1.80. The molecule has 6 heteroatoms. The number of nitrogens with one attached hydrogen (secondary N) is 1. The Bertz CT molecular complexity index is 423. The number of likely N-dealkylation sites (N-methyl/N-ethyl adjacent to an activating group) is 1. The van der Waals surface area contributed by atoms with Crippen LogP contribution < -0.4 is 16.2 Å². The van der Waals surface area contributed by atoms with Crippen molar-refractivity contribution < 1.29 is 0 Å². The molecular formula is C12H20N6. The predicted molar refractivity (Wildman–Crippen MR) is 71.2 cm³/mol. The largest absolute Gasteiger partial charge is 0.354 e. The van der Waals surface area contributed by atoms with Gasteiger partial charge in [0.15, 0.2) is 5.82 Å². The summed E-state index contributed by atoms with van der Waals surface area (Å²) in [7, 11) is 2.25. The Labute approximate surface area is 107 Å². The van der Waals surface area contributed by atoms with Gasteiger partial charge in [0.25, 0.3) is 0 Å². The molecule has 1 aromatic rings. The fraction of sp³-hybridized carbons (Fsp3) is 0.667. The number of hydrogen-bond donors (Lipinski definition) is 2. The van der Waals surface area contributed by atoms with Gasteiger partial charge in [0, 0.05) is 25.2 Å². The standard InChI is InChI=1S/C12H20N6/c1-17-9-2-3-10(17)8-18(5-4-9)12-7-14-6-11(15-12)16-13/h6-7,9-10H,2-5,8,13H2,1H3,(H,15,16). The van der Waals surface area contributed by atoms with Crippen molar-refractivity contribution in [1.82, 2.24) is 14.9 Å². The van der Waals surface area contributed by atoms with E-state index in [0.717, 1.165) is 24.9 Å². The third-order valence-electron chi connectivity index (χ3n) is 4.24. The first-order valence-electron chi connectivity index (χ1n) is 6.53. The molecule has 3 N–H and O–H groups in total. The lowest BCUT2D eigenvalue weighted by molar-refractivity contribution is 0.254. The van der Waals surface area contributed by atoms with Gasteiger partial charge in [-0.15, -0.1) is 0 Å². The first-order chi connectivity index (χ1) is 8.78. The van der Waals surface area contributed by atoms with Gasteiger partial charge in [-0.2, -0.15) is 0 Å². The zero-order valence-electron chi connectivity index (χ0n) is 10.7. The molecule has 2 fully saturated rings. The molecule has 3 heterocycles. The summed E-state index contributed by atoms with van der Waals surface area (Å²) < 4.78 is 0. The van der Waals surface area contributed by atoms with Crippen LogP contribution in [-0.2, 0) is 0 Å². The predicted octanol–water partition coefficient (Wildman–Crippen LogP) is 0.435. The van der Waals surface area contributed by atoms with E-state index in [2.05, 4.69) is 32.2 Å². The van der Waals surface area contributed by atoms with Crippen LogP contribution in [0.1, 0.15) is 19.3 Å².